The van der Waals surface area contributed by atoms with Gasteiger partial charge < -0.3 is 9.84 Å². The van der Waals surface area contributed by atoms with E-state index in [4.69, 9.17) is 0 Å². The number of rotatable bonds is 1. The molecule has 0 aromatic heterocycles. The van der Waals surface area contributed by atoms with Crippen molar-refractivity contribution in [2.24, 2.45) is 0 Å². The predicted molar refractivity (Wildman–Crippen MR) is 51.5 cm³/mol. The first kappa shape index (κ1) is 12.0. The smallest absolute Gasteiger partial charge is 0.317 e. The van der Waals surface area contributed by atoms with Gasteiger partial charge in [0, 0.05) is 6.07 Å². The van der Waals surface area contributed by atoms with E-state index in [0.717, 1.165) is 6.07 Å². The van der Waals surface area contributed by atoms with Crippen LogP contribution in [0.25, 0.3) is 0 Å². The Morgan fingerprint density at radius 3 is 2.81 bits per heavy atom. The van der Waals surface area contributed by atoms with Gasteiger partial charge in [-0.05, 0) is 6.07 Å². The van der Waals surface area contributed by atoms with Gasteiger partial charge in [-0.15, -0.1) is 0 Å². The lowest BCUT2D eigenvalue weighted by Crippen LogP contribution is -1.97. The molecular weight excluding hydrogens is 218 g/mol. The molecule has 0 bridgehead atoms. The zero-order valence-corrected chi connectivity index (χ0v) is 8.38. The van der Waals surface area contributed by atoms with E-state index in [9.17, 15) is 18.7 Å². The summed E-state index contributed by atoms with van der Waals surface area (Å²) in [7, 11) is 1.20. The van der Waals surface area contributed by atoms with E-state index in [1.165, 1.54) is 7.11 Å². The van der Waals surface area contributed by atoms with Crippen molar-refractivity contribution in [3.63, 3.8) is 0 Å². The Morgan fingerprint density at radius 2 is 2.19 bits per heavy atom. The van der Waals surface area contributed by atoms with E-state index in [1.807, 2.05) is 0 Å². The Kier molecular flexibility index (Phi) is 3.84. The maximum absolute atomic E-state index is 12.8. The Balaban J connectivity index is 2.92. The van der Waals surface area contributed by atoms with Crippen LogP contribution < -0.4 is 0 Å². The second-order valence-corrected chi connectivity index (χ2v) is 2.84. The molecule has 84 valence electrons. The average Bonchev–Trinajstić information content (AvgIpc) is 2.24. The number of hydrogen-bond acceptors (Lipinski definition) is 3. The third kappa shape index (κ3) is 2.95. The van der Waals surface area contributed by atoms with Gasteiger partial charge in [0.25, 0.3) is 0 Å². The van der Waals surface area contributed by atoms with Gasteiger partial charge in [0.15, 0.2) is 11.6 Å². The van der Waals surface area contributed by atoms with E-state index in [-0.39, 0.29) is 12.0 Å². The third-order valence-electron chi connectivity index (χ3n) is 1.71. The quantitative estimate of drug-likeness (QED) is 0.584. The van der Waals surface area contributed by atoms with E-state index >= 15 is 0 Å². The standard InChI is InChI=1S/C11H8F2O3/c1-16-10(14)4-2-3-7-5-8(12)6-9(13)11(7)15/h5-6,15H,4H2,1H3. The Bertz CT molecular complexity index is 472. The van der Waals surface area contributed by atoms with Crippen molar-refractivity contribution in [2.45, 2.75) is 6.42 Å². The van der Waals surface area contributed by atoms with E-state index in [0.29, 0.717) is 6.07 Å². The molecule has 0 unspecified atom stereocenters. The molecule has 1 rings (SSSR count). The number of phenolic OH excluding ortho intramolecular Hbond substituents is 1. The van der Waals surface area contributed by atoms with Gasteiger partial charge in [0.2, 0.25) is 0 Å². The molecule has 16 heavy (non-hydrogen) atoms. The van der Waals surface area contributed by atoms with Crippen LogP contribution in [0.5, 0.6) is 5.75 Å². The van der Waals surface area contributed by atoms with Crippen LogP contribution >= 0.6 is 0 Å². The number of halogens is 2. The minimum atomic E-state index is -1.10. The molecule has 0 saturated heterocycles. The molecule has 0 aliphatic carbocycles. The number of methoxy groups -OCH3 is 1. The summed E-state index contributed by atoms with van der Waals surface area (Å²) in [5.41, 5.74) is -0.207. The molecular formula is C11H8F2O3. The molecule has 1 N–H and O–H groups in total. The summed E-state index contributed by atoms with van der Waals surface area (Å²) in [4.78, 5) is 10.7. The van der Waals surface area contributed by atoms with Crippen molar-refractivity contribution in [3.8, 4) is 17.6 Å². The largest absolute Gasteiger partial charge is 0.504 e. The fourth-order valence-corrected chi connectivity index (χ4v) is 0.945. The van der Waals surface area contributed by atoms with Crippen LogP contribution in [0.1, 0.15) is 12.0 Å². The van der Waals surface area contributed by atoms with E-state index < -0.39 is 23.4 Å². The number of esters is 1. The number of phenols is 1. The highest BCUT2D eigenvalue weighted by Crippen LogP contribution is 2.21. The first-order chi connectivity index (χ1) is 7.54. The van der Waals surface area contributed by atoms with Gasteiger partial charge in [-0.3, -0.25) is 4.79 Å². The topological polar surface area (TPSA) is 46.5 Å². The predicted octanol–water partition coefficient (Wildman–Crippen LogP) is 1.58. The Hall–Kier alpha value is -2.09. The molecule has 1 aromatic carbocycles. The molecule has 0 radical (unpaired) electrons. The van der Waals surface area contributed by atoms with Crippen molar-refractivity contribution in [2.75, 3.05) is 7.11 Å². The highest BCUT2D eigenvalue weighted by Gasteiger charge is 2.07. The molecule has 3 nitrogen and oxygen atoms in total. The molecule has 0 heterocycles. The average molecular weight is 226 g/mol. The molecule has 0 spiro atoms. The first-order valence-electron chi connectivity index (χ1n) is 4.28. The SMILES string of the molecule is COC(=O)CC#Cc1cc(F)cc(F)c1O. The van der Waals surface area contributed by atoms with Crippen LogP contribution in [-0.4, -0.2) is 18.2 Å². The fourth-order valence-electron chi connectivity index (χ4n) is 0.945. The molecule has 0 aliphatic heterocycles. The van der Waals surface area contributed by atoms with Crippen LogP contribution in [-0.2, 0) is 9.53 Å². The lowest BCUT2D eigenvalue weighted by molar-refractivity contribution is -0.139. The fraction of sp³-hybridized carbons (Fsp3) is 0.182. The lowest BCUT2D eigenvalue weighted by atomic mass is 10.2. The molecule has 0 amide bonds. The molecule has 0 aliphatic rings. The monoisotopic (exact) mass is 226 g/mol. The highest BCUT2D eigenvalue weighted by molar-refractivity contribution is 5.72. The van der Waals surface area contributed by atoms with Crippen molar-refractivity contribution in [1.82, 2.24) is 0 Å². The normalized spacial score (nSPS) is 9.19. The molecule has 5 heteroatoms. The second kappa shape index (κ2) is 5.12. The molecule has 1 aromatic rings. The van der Waals surface area contributed by atoms with Crippen molar-refractivity contribution in [3.05, 3.63) is 29.3 Å². The summed E-state index contributed by atoms with van der Waals surface area (Å²) in [6.07, 6.45) is -0.214. The Labute approximate surface area is 90.7 Å². The number of hydrogen-bond donors (Lipinski definition) is 1. The Morgan fingerprint density at radius 1 is 1.50 bits per heavy atom. The van der Waals surface area contributed by atoms with Gasteiger partial charge in [0.05, 0.1) is 12.7 Å². The van der Waals surface area contributed by atoms with E-state index in [1.54, 1.807) is 0 Å². The van der Waals surface area contributed by atoms with Crippen LogP contribution in [0.3, 0.4) is 0 Å². The zero-order valence-electron chi connectivity index (χ0n) is 8.38. The molecule has 0 atom stereocenters. The van der Waals surface area contributed by atoms with Crippen molar-refractivity contribution >= 4 is 5.97 Å². The number of ether oxygens (including phenoxy) is 1. The summed E-state index contributed by atoms with van der Waals surface area (Å²) in [5.74, 6) is 1.36. The maximum atomic E-state index is 12.8. The van der Waals surface area contributed by atoms with Gasteiger partial charge in [-0.2, -0.15) is 0 Å². The van der Waals surface area contributed by atoms with Gasteiger partial charge >= 0.3 is 5.97 Å². The second-order valence-electron chi connectivity index (χ2n) is 2.84. The molecule has 0 saturated carbocycles. The number of benzene rings is 1. The third-order valence-corrected chi connectivity index (χ3v) is 1.71. The molecule has 0 fully saturated rings. The summed E-state index contributed by atoms with van der Waals surface area (Å²) in [6, 6.07) is 1.42. The van der Waals surface area contributed by atoms with E-state index in [2.05, 4.69) is 16.6 Å². The first-order valence-corrected chi connectivity index (χ1v) is 4.28. The number of carbonyl (C=O) groups excluding carboxylic acids is 1. The summed E-state index contributed by atoms with van der Waals surface area (Å²) in [5, 5.41) is 9.18. The van der Waals surface area contributed by atoms with Gasteiger partial charge in [-0.25, -0.2) is 8.78 Å². The van der Waals surface area contributed by atoms with Crippen LogP contribution in [0, 0.1) is 23.5 Å². The van der Waals surface area contributed by atoms with Crippen LogP contribution in [0.2, 0.25) is 0 Å². The summed E-state index contributed by atoms with van der Waals surface area (Å²) < 4.78 is 29.9. The lowest BCUT2D eigenvalue weighted by Gasteiger charge is -1.98. The number of aromatic hydroxyl groups is 1. The summed E-state index contributed by atoms with van der Waals surface area (Å²) in [6.45, 7) is 0. The number of carbonyl (C=O) groups is 1. The zero-order chi connectivity index (χ0) is 12.1. The van der Waals surface area contributed by atoms with Crippen LogP contribution in [0.15, 0.2) is 12.1 Å². The minimum Gasteiger partial charge on any atom is -0.504 e. The van der Waals surface area contributed by atoms with Crippen LogP contribution in [0.4, 0.5) is 8.78 Å². The summed E-state index contributed by atoms with van der Waals surface area (Å²) >= 11 is 0. The van der Waals surface area contributed by atoms with Gasteiger partial charge in [0.1, 0.15) is 12.2 Å². The van der Waals surface area contributed by atoms with Crippen molar-refractivity contribution < 1.29 is 23.4 Å². The van der Waals surface area contributed by atoms with Gasteiger partial charge in [-0.1, -0.05) is 11.8 Å². The van der Waals surface area contributed by atoms with Crippen molar-refractivity contribution in [1.29, 1.82) is 0 Å². The minimum absolute atomic E-state index is 0.207. The maximum Gasteiger partial charge on any atom is 0.317 e. The highest BCUT2D eigenvalue weighted by atomic mass is 19.1.